The smallest absolute Gasteiger partial charge is 0.381 e. The maximum Gasteiger partial charge on any atom is 0.381 e. The van der Waals surface area contributed by atoms with E-state index in [0.717, 1.165) is 0 Å². The molecule has 92 valence electrons. The molecule has 0 unspecified atom stereocenters. The van der Waals surface area contributed by atoms with Crippen molar-refractivity contribution in [3.05, 3.63) is 30.3 Å². The Bertz CT molecular complexity index is 688. The number of hydrogen-bond acceptors (Lipinski definition) is 7. The molecule has 0 atom stereocenters. The number of rotatable bonds is 2. The van der Waals surface area contributed by atoms with Crippen molar-refractivity contribution < 1.29 is 14.3 Å². The SMILES string of the molecule is O=C1N=C(C(=O)Oc2ccccc2)N=C2N=NN=C12. The van der Waals surface area contributed by atoms with E-state index >= 15 is 0 Å². The standard InChI is InChI=1S/C11H5N5O3/c17-10-7-8(15-16-14-7)12-9(13-10)11(18)19-6-4-2-1-3-5-6/h1-5H. The quantitative estimate of drug-likeness (QED) is 0.575. The summed E-state index contributed by atoms with van der Waals surface area (Å²) in [7, 11) is 0. The monoisotopic (exact) mass is 255 g/mol. The van der Waals surface area contributed by atoms with Crippen molar-refractivity contribution in [3.8, 4) is 5.75 Å². The number of hydrogen-bond donors (Lipinski definition) is 0. The second-order valence-corrected chi connectivity index (χ2v) is 3.52. The molecule has 2 heterocycles. The lowest BCUT2D eigenvalue weighted by atomic mass is 10.3. The van der Waals surface area contributed by atoms with Gasteiger partial charge in [0.2, 0.25) is 17.4 Å². The van der Waals surface area contributed by atoms with E-state index in [-0.39, 0.29) is 17.4 Å². The van der Waals surface area contributed by atoms with Crippen LogP contribution in [0.4, 0.5) is 0 Å². The number of carbonyl (C=O) groups is 2. The minimum Gasteiger partial charge on any atom is -0.421 e. The summed E-state index contributed by atoms with van der Waals surface area (Å²) in [5.41, 5.74) is -0.0729. The summed E-state index contributed by atoms with van der Waals surface area (Å²) in [6.45, 7) is 0. The number of ether oxygens (including phenoxy) is 1. The van der Waals surface area contributed by atoms with Crippen molar-refractivity contribution in [2.45, 2.75) is 0 Å². The van der Waals surface area contributed by atoms with Crippen LogP contribution >= 0.6 is 0 Å². The third-order valence-electron chi connectivity index (χ3n) is 2.25. The number of nitrogens with zero attached hydrogens (tertiary/aromatic N) is 5. The zero-order valence-electron chi connectivity index (χ0n) is 9.35. The maximum atomic E-state index is 11.8. The van der Waals surface area contributed by atoms with Crippen LogP contribution < -0.4 is 4.74 Å². The van der Waals surface area contributed by atoms with Crippen LogP contribution in [-0.2, 0) is 9.59 Å². The van der Waals surface area contributed by atoms with Crippen LogP contribution in [0.3, 0.4) is 0 Å². The van der Waals surface area contributed by atoms with Crippen LogP contribution in [0.1, 0.15) is 0 Å². The van der Waals surface area contributed by atoms with Gasteiger partial charge in [-0.25, -0.2) is 4.79 Å². The van der Waals surface area contributed by atoms with Gasteiger partial charge in [0, 0.05) is 0 Å². The molecule has 0 fully saturated rings. The molecule has 1 aromatic rings. The second kappa shape index (κ2) is 4.33. The van der Waals surface area contributed by atoms with E-state index in [2.05, 4.69) is 25.4 Å². The molecule has 2 aliphatic heterocycles. The third-order valence-corrected chi connectivity index (χ3v) is 2.25. The molecule has 0 N–H and O–H groups in total. The average molecular weight is 255 g/mol. The molecule has 0 aromatic heterocycles. The topological polar surface area (TPSA) is 105 Å². The zero-order valence-corrected chi connectivity index (χ0v) is 9.35. The number of para-hydroxylation sites is 1. The molecule has 2 aliphatic rings. The van der Waals surface area contributed by atoms with Gasteiger partial charge in [0.1, 0.15) is 5.75 Å². The minimum absolute atomic E-state index is 0.0278. The molecule has 3 rings (SSSR count). The summed E-state index contributed by atoms with van der Waals surface area (Å²) >= 11 is 0. The van der Waals surface area contributed by atoms with Gasteiger partial charge in [-0.2, -0.15) is 9.98 Å². The Kier molecular flexibility index (Phi) is 2.53. The molecule has 8 heteroatoms. The highest BCUT2D eigenvalue weighted by atomic mass is 16.5. The first-order valence-electron chi connectivity index (χ1n) is 5.22. The summed E-state index contributed by atoms with van der Waals surface area (Å²) in [5.74, 6) is -1.62. The summed E-state index contributed by atoms with van der Waals surface area (Å²) in [4.78, 5) is 30.5. The van der Waals surface area contributed by atoms with Gasteiger partial charge < -0.3 is 4.74 Å². The molecule has 0 bridgehead atoms. The van der Waals surface area contributed by atoms with Gasteiger partial charge in [-0.05, 0) is 17.4 Å². The maximum absolute atomic E-state index is 11.8. The molecule has 1 aromatic carbocycles. The lowest BCUT2D eigenvalue weighted by Gasteiger charge is -2.06. The number of benzene rings is 1. The van der Waals surface area contributed by atoms with Crippen LogP contribution in [0.25, 0.3) is 0 Å². The number of esters is 1. The highest BCUT2D eigenvalue weighted by Gasteiger charge is 2.30. The van der Waals surface area contributed by atoms with E-state index in [4.69, 9.17) is 4.74 Å². The number of aliphatic imine (C=N–C) groups is 2. The fraction of sp³-hybridized carbons (Fsp3) is 0. The van der Waals surface area contributed by atoms with Crippen molar-refractivity contribution in [1.82, 2.24) is 0 Å². The number of carbonyl (C=O) groups excluding carboxylic acids is 2. The van der Waals surface area contributed by atoms with Gasteiger partial charge in [0.25, 0.3) is 0 Å². The van der Waals surface area contributed by atoms with E-state index in [1.54, 1.807) is 30.3 Å². The minimum atomic E-state index is -0.840. The molecule has 0 saturated carbocycles. The molecular formula is C11H5N5O3. The number of fused-ring (bicyclic) bond motifs is 1. The Balaban J connectivity index is 1.84. The van der Waals surface area contributed by atoms with Crippen LogP contribution in [0.5, 0.6) is 5.75 Å². The second-order valence-electron chi connectivity index (χ2n) is 3.52. The normalized spacial score (nSPS) is 16.4. The highest BCUT2D eigenvalue weighted by molar-refractivity contribution is 6.71. The van der Waals surface area contributed by atoms with Crippen LogP contribution in [0.2, 0.25) is 0 Å². The summed E-state index contributed by atoms with van der Waals surface area (Å²) in [6, 6.07) is 8.38. The summed E-state index contributed by atoms with van der Waals surface area (Å²) in [5, 5.41) is 10.3. The molecule has 0 radical (unpaired) electrons. The Hall–Kier alpha value is -3.03. The molecule has 19 heavy (non-hydrogen) atoms. The Morgan fingerprint density at radius 1 is 1.11 bits per heavy atom. The predicted octanol–water partition coefficient (Wildman–Crippen LogP) is 0.751. The van der Waals surface area contributed by atoms with Gasteiger partial charge in [-0.1, -0.05) is 18.2 Å². The number of amidine groups is 2. The van der Waals surface area contributed by atoms with Gasteiger partial charge in [-0.3, -0.25) is 4.79 Å². The van der Waals surface area contributed by atoms with E-state index < -0.39 is 11.9 Å². The van der Waals surface area contributed by atoms with E-state index in [1.165, 1.54) is 0 Å². The van der Waals surface area contributed by atoms with Crippen molar-refractivity contribution in [2.75, 3.05) is 0 Å². The van der Waals surface area contributed by atoms with Gasteiger partial charge in [-0.15, -0.1) is 10.2 Å². The third kappa shape index (κ3) is 2.06. The largest absolute Gasteiger partial charge is 0.421 e. The van der Waals surface area contributed by atoms with E-state index in [0.29, 0.717) is 5.75 Å². The molecular weight excluding hydrogens is 250 g/mol. The molecule has 0 aliphatic carbocycles. The van der Waals surface area contributed by atoms with Gasteiger partial charge >= 0.3 is 11.9 Å². The van der Waals surface area contributed by atoms with Crippen molar-refractivity contribution in [3.63, 3.8) is 0 Å². The molecule has 0 saturated heterocycles. The fourth-order valence-corrected chi connectivity index (χ4v) is 1.42. The van der Waals surface area contributed by atoms with Crippen LogP contribution in [0, 0.1) is 0 Å². The first kappa shape index (κ1) is 11.1. The Morgan fingerprint density at radius 3 is 2.68 bits per heavy atom. The zero-order chi connectivity index (χ0) is 13.2. The first-order chi connectivity index (χ1) is 9.24. The molecule has 8 nitrogen and oxygen atoms in total. The lowest BCUT2D eigenvalue weighted by molar-refractivity contribution is -0.127. The molecule has 1 amide bonds. The molecule has 0 spiro atoms. The average Bonchev–Trinajstić information content (AvgIpc) is 2.88. The highest BCUT2D eigenvalue weighted by Crippen LogP contribution is 2.12. The fourth-order valence-electron chi connectivity index (χ4n) is 1.42. The van der Waals surface area contributed by atoms with E-state index in [1.807, 2.05) is 0 Å². The van der Waals surface area contributed by atoms with Gasteiger partial charge in [0.05, 0.1) is 0 Å². The van der Waals surface area contributed by atoms with Crippen molar-refractivity contribution in [1.29, 1.82) is 0 Å². The first-order valence-corrected chi connectivity index (χ1v) is 5.22. The van der Waals surface area contributed by atoms with Crippen LogP contribution in [-0.4, -0.2) is 29.3 Å². The Labute approximate surface area is 106 Å². The predicted molar refractivity (Wildman–Crippen MR) is 64.2 cm³/mol. The van der Waals surface area contributed by atoms with E-state index in [9.17, 15) is 9.59 Å². The summed E-state index contributed by atoms with van der Waals surface area (Å²) in [6.07, 6.45) is 0. The lowest BCUT2D eigenvalue weighted by Crippen LogP contribution is -2.30. The Morgan fingerprint density at radius 2 is 1.89 bits per heavy atom. The van der Waals surface area contributed by atoms with Crippen molar-refractivity contribution >= 4 is 29.3 Å². The van der Waals surface area contributed by atoms with Crippen molar-refractivity contribution in [2.24, 2.45) is 25.4 Å². The van der Waals surface area contributed by atoms with Gasteiger partial charge in [0.15, 0.2) is 0 Å². The number of amides is 1. The summed E-state index contributed by atoms with van der Waals surface area (Å²) < 4.78 is 5.01. The van der Waals surface area contributed by atoms with Crippen LogP contribution in [0.15, 0.2) is 55.8 Å².